The summed E-state index contributed by atoms with van der Waals surface area (Å²) in [4.78, 5) is 73.0. The number of aromatic nitrogens is 2. The van der Waals surface area contributed by atoms with Gasteiger partial charge in [-0.05, 0) is 71.4 Å². The molecule has 3 aromatic carbocycles. The van der Waals surface area contributed by atoms with E-state index in [-0.39, 0.29) is 36.4 Å². The lowest BCUT2D eigenvalue weighted by molar-refractivity contribution is -0.158. The Hall–Kier alpha value is -6.12. The first kappa shape index (κ1) is 47.4. The van der Waals surface area contributed by atoms with Crippen molar-refractivity contribution in [1.82, 2.24) is 20.2 Å². The number of aliphatic hydroxyl groups excluding tert-OH is 1. The molecule has 8 rings (SSSR count). The molecule has 2 aromatic heterocycles. The van der Waals surface area contributed by atoms with Crippen LogP contribution in [0.3, 0.4) is 0 Å². The summed E-state index contributed by atoms with van der Waals surface area (Å²) in [5.74, 6) is -3.14. The van der Waals surface area contributed by atoms with Gasteiger partial charge in [-0.15, -0.1) is 0 Å². The number of nitrogens with one attached hydrogen (secondary N) is 2. The van der Waals surface area contributed by atoms with Gasteiger partial charge in [-0.25, -0.2) is 14.4 Å². The molecule has 14 nitrogen and oxygen atoms in total. The van der Waals surface area contributed by atoms with Crippen molar-refractivity contribution in [1.29, 1.82) is 0 Å². The highest BCUT2D eigenvalue weighted by Crippen LogP contribution is 2.44. The molecule has 4 unspecified atom stereocenters. The van der Waals surface area contributed by atoms with Crippen LogP contribution in [0.25, 0.3) is 33.6 Å². The van der Waals surface area contributed by atoms with E-state index in [1.165, 1.54) is 16.6 Å². The number of aryl methyl sites for hydroxylation is 1. The van der Waals surface area contributed by atoms with Crippen LogP contribution < -0.4 is 16.3 Å². The second-order valence-electron chi connectivity index (χ2n) is 18.9. The maximum absolute atomic E-state index is 14.2. The fourth-order valence-corrected chi connectivity index (χ4v) is 10.0. The lowest BCUT2D eigenvalue weighted by Gasteiger charge is -2.29. The summed E-state index contributed by atoms with van der Waals surface area (Å²) in [7, 11) is 0. The van der Waals surface area contributed by atoms with Gasteiger partial charge in [0.25, 0.3) is 0 Å². The summed E-state index contributed by atoms with van der Waals surface area (Å²) in [6, 6.07) is 24.1. The van der Waals surface area contributed by atoms with E-state index in [0.717, 1.165) is 47.1 Å². The van der Waals surface area contributed by atoms with Gasteiger partial charge in [0.1, 0.15) is 36.8 Å². The summed E-state index contributed by atoms with van der Waals surface area (Å²) >= 11 is 0. The molecular weight excluding hydrogens is 853 g/mol. The SMILES string of the molecule is CCCCCc1ccc(-c2cc3cn([C@H]4C[C@@H](OC(=O)C(NC(=O)C5CCCC5C(=O)C(NC(=O)OCC5c6ccccc6-c6ccccc65)C(C)C)C(C)C)[C@@H](CO)O4)c(=O)nc3o2)cc1. The molecule has 2 amide bonds. The standard InChI is InChI=1S/C53H62N4O10/c1-6-7-8-14-32-21-23-33(24-22-32)42-25-34-27-57(52(62)56-50(34)66-42)45-26-43(44(28-58)65-45)67-51(61)47(31(4)5)54-49(60)40-20-13-19-39(40)48(59)46(30(2)3)55-53(63)64-29-41-37-17-11-9-15-35(37)36-16-10-12-18-38(36)41/h9-12,15-18,21-25,27,30-31,39-41,43-47,58H,6-8,13-14,19-20,26,28-29H2,1-5H3,(H,54,60)(H,55,63)/t39?,40?,43-,44-,45-,46?,47?/m1/s1. The lowest BCUT2D eigenvalue weighted by atomic mass is 9.84. The Morgan fingerprint density at radius 3 is 2.19 bits per heavy atom. The molecule has 3 heterocycles. The van der Waals surface area contributed by atoms with Crippen LogP contribution in [0.5, 0.6) is 0 Å². The number of alkyl carbamates (subject to hydrolysis) is 1. The van der Waals surface area contributed by atoms with Crippen LogP contribution in [0.15, 0.2) is 94.3 Å². The average molecular weight is 915 g/mol. The number of esters is 1. The predicted molar refractivity (Wildman–Crippen MR) is 252 cm³/mol. The molecule has 0 radical (unpaired) electrons. The first-order valence-electron chi connectivity index (χ1n) is 23.9. The zero-order valence-corrected chi connectivity index (χ0v) is 38.9. The number of benzene rings is 3. The maximum atomic E-state index is 14.2. The van der Waals surface area contributed by atoms with E-state index in [1.54, 1.807) is 20.0 Å². The third kappa shape index (κ3) is 10.3. The van der Waals surface area contributed by atoms with Crippen LogP contribution >= 0.6 is 0 Å². The lowest BCUT2D eigenvalue weighted by Crippen LogP contribution is -2.52. The number of hydrogen-bond donors (Lipinski definition) is 3. The zero-order chi connectivity index (χ0) is 47.4. The van der Waals surface area contributed by atoms with Gasteiger partial charge >= 0.3 is 17.8 Å². The van der Waals surface area contributed by atoms with E-state index >= 15 is 0 Å². The Bertz CT molecular complexity index is 2590. The summed E-state index contributed by atoms with van der Waals surface area (Å²) in [6.45, 7) is 9.01. The van der Waals surface area contributed by atoms with Gasteiger partial charge in [0, 0.05) is 35.9 Å². The molecule has 0 spiro atoms. The largest absolute Gasteiger partial charge is 0.458 e. The van der Waals surface area contributed by atoms with Crippen LogP contribution in [-0.2, 0) is 35.0 Å². The Labute approximate surface area is 390 Å². The molecule has 1 saturated carbocycles. The number of Topliss-reactive ketones (excluding diaryl/α,β-unsaturated/α-hetero) is 1. The number of hydrogen-bond acceptors (Lipinski definition) is 11. The monoisotopic (exact) mass is 914 g/mol. The molecule has 2 fully saturated rings. The van der Waals surface area contributed by atoms with Crippen molar-refractivity contribution in [3.05, 3.63) is 112 Å². The third-order valence-corrected chi connectivity index (χ3v) is 13.7. The summed E-state index contributed by atoms with van der Waals surface area (Å²) < 4.78 is 25.1. The summed E-state index contributed by atoms with van der Waals surface area (Å²) in [6.07, 6.45) is 4.09. The topological polar surface area (TPSA) is 188 Å². The fourth-order valence-electron chi connectivity index (χ4n) is 10.0. The molecule has 3 N–H and O–H groups in total. The van der Waals surface area contributed by atoms with Gasteiger partial charge in [-0.1, -0.05) is 127 Å². The van der Waals surface area contributed by atoms with Crippen molar-refractivity contribution < 1.29 is 42.9 Å². The molecule has 1 saturated heterocycles. The number of rotatable bonds is 18. The van der Waals surface area contributed by atoms with Crippen molar-refractivity contribution in [3.63, 3.8) is 0 Å². The molecule has 1 aliphatic heterocycles. The number of furan rings is 1. The molecule has 5 aromatic rings. The van der Waals surface area contributed by atoms with Crippen LogP contribution in [0, 0.1) is 23.7 Å². The van der Waals surface area contributed by atoms with Crippen molar-refractivity contribution in [2.24, 2.45) is 23.7 Å². The summed E-state index contributed by atoms with van der Waals surface area (Å²) in [5, 5.41) is 16.6. The number of ketones is 1. The zero-order valence-electron chi connectivity index (χ0n) is 38.9. The van der Waals surface area contributed by atoms with Crippen molar-refractivity contribution in [3.8, 4) is 22.5 Å². The van der Waals surface area contributed by atoms with E-state index in [4.69, 9.17) is 18.6 Å². The van der Waals surface area contributed by atoms with Crippen LogP contribution in [0.1, 0.15) is 108 Å². The maximum Gasteiger partial charge on any atom is 0.407 e. The van der Waals surface area contributed by atoms with Gasteiger partial charge in [0.15, 0.2) is 5.78 Å². The minimum atomic E-state index is -1.09. The van der Waals surface area contributed by atoms with Gasteiger partial charge in [0.05, 0.1) is 18.0 Å². The number of ether oxygens (including phenoxy) is 3. The second kappa shape index (κ2) is 20.8. The fraction of sp³-hybridized carbons (Fsp3) is 0.472. The highest BCUT2D eigenvalue weighted by atomic mass is 16.6. The predicted octanol–water partition coefficient (Wildman–Crippen LogP) is 8.27. The minimum Gasteiger partial charge on any atom is -0.458 e. The van der Waals surface area contributed by atoms with E-state index < -0.39 is 78.5 Å². The van der Waals surface area contributed by atoms with Crippen LogP contribution in [-0.4, -0.2) is 75.9 Å². The van der Waals surface area contributed by atoms with Crippen molar-refractivity contribution in [2.75, 3.05) is 13.2 Å². The quantitative estimate of drug-likeness (QED) is 0.0567. The average Bonchev–Trinajstić information content (AvgIpc) is 4.13. The van der Waals surface area contributed by atoms with Gasteiger partial charge in [-0.2, -0.15) is 4.98 Å². The Kier molecular flexibility index (Phi) is 14.7. The van der Waals surface area contributed by atoms with E-state index in [1.807, 2.05) is 68.4 Å². The molecule has 2 aliphatic carbocycles. The minimum absolute atomic E-state index is 0.0412. The van der Waals surface area contributed by atoms with Gasteiger partial charge in [0.2, 0.25) is 11.6 Å². The molecule has 354 valence electrons. The van der Waals surface area contributed by atoms with Gasteiger partial charge in [-0.3, -0.25) is 14.2 Å². The number of carbonyl (C=O) groups is 4. The van der Waals surface area contributed by atoms with Gasteiger partial charge < -0.3 is 34.4 Å². The van der Waals surface area contributed by atoms with E-state index in [2.05, 4.69) is 46.8 Å². The normalized spacial score (nSPS) is 21.0. The van der Waals surface area contributed by atoms with Crippen LogP contribution in [0.2, 0.25) is 0 Å². The van der Waals surface area contributed by atoms with Crippen molar-refractivity contribution in [2.45, 2.75) is 122 Å². The van der Waals surface area contributed by atoms with E-state index in [9.17, 15) is 29.1 Å². The molecular formula is C53H62N4O10. The Morgan fingerprint density at radius 1 is 0.866 bits per heavy atom. The highest BCUT2D eigenvalue weighted by Gasteiger charge is 2.45. The Balaban J connectivity index is 0.881. The van der Waals surface area contributed by atoms with Crippen molar-refractivity contribution >= 4 is 34.9 Å². The molecule has 67 heavy (non-hydrogen) atoms. The molecule has 7 atom stereocenters. The molecule has 3 aliphatic rings. The number of fused-ring (bicyclic) bond motifs is 4. The smallest absolute Gasteiger partial charge is 0.407 e. The number of amides is 2. The first-order chi connectivity index (χ1) is 32.3. The van der Waals surface area contributed by atoms with Crippen LogP contribution in [0.4, 0.5) is 4.79 Å². The summed E-state index contributed by atoms with van der Waals surface area (Å²) in [5.41, 5.74) is 6.01. The van der Waals surface area contributed by atoms with E-state index in [0.29, 0.717) is 30.4 Å². The first-order valence-corrected chi connectivity index (χ1v) is 23.9. The highest BCUT2D eigenvalue weighted by molar-refractivity contribution is 5.95. The number of carbonyl (C=O) groups excluding carboxylic acids is 4. The third-order valence-electron chi connectivity index (χ3n) is 13.7. The second-order valence-corrected chi connectivity index (χ2v) is 18.9. The molecule has 0 bridgehead atoms. The molecule has 14 heteroatoms. The number of nitrogens with zero attached hydrogens (tertiary/aromatic N) is 2. The Morgan fingerprint density at radius 2 is 1.54 bits per heavy atom. The number of unbranched alkanes of at least 4 members (excludes halogenated alkanes) is 2. The number of aliphatic hydroxyl groups is 1.